The second-order valence-electron chi connectivity index (χ2n) is 7.72. The lowest BCUT2D eigenvalue weighted by Crippen LogP contribution is -2.63. The number of amides is 4. The zero-order valence-electron chi connectivity index (χ0n) is 15.7. The second kappa shape index (κ2) is 7.18. The lowest BCUT2D eigenvalue weighted by molar-refractivity contribution is -0.163. The summed E-state index contributed by atoms with van der Waals surface area (Å²) in [6.07, 6.45) is -1.78. The van der Waals surface area contributed by atoms with Crippen molar-refractivity contribution in [2.75, 3.05) is 6.54 Å². The number of hydrogen-bond donors (Lipinski definition) is 5. The Hall–Kier alpha value is -2.31. The number of rotatable bonds is 5. The van der Waals surface area contributed by atoms with Gasteiger partial charge in [0.2, 0.25) is 11.8 Å². The van der Waals surface area contributed by atoms with Crippen LogP contribution in [0.25, 0.3) is 0 Å². The summed E-state index contributed by atoms with van der Waals surface area (Å²) in [4.78, 5) is 48.8. The molecule has 4 amide bonds. The minimum atomic E-state index is -1.51. The zero-order chi connectivity index (χ0) is 21.0. The van der Waals surface area contributed by atoms with Crippen LogP contribution < -0.4 is 16.0 Å². The largest absolute Gasteiger partial charge is 0.512 e. The first-order valence-corrected chi connectivity index (χ1v) is 10.2. The number of nitrogens with zero attached hydrogens (tertiary/aromatic N) is 1. The average molecular weight is 426 g/mol. The number of β-lactam (4-membered cyclic amide) rings is 1. The number of imide groups is 1. The molecular weight excluding hydrogens is 404 g/mol. The van der Waals surface area contributed by atoms with Crippen LogP contribution in [0.4, 0.5) is 9.59 Å². The molecule has 3 fully saturated rings. The number of ether oxygens (including phenoxy) is 1. The summed E-state index contributed by atoms with van der Waals surface area (Å²) in [5.41, 5.74) is 0. The van der Waals surface area contributed by atoms with Crippen LogP contribution in [0.15, 0.2) is 10.8 Å². The van der Waals surface area contributed by atoms with Crippen molar-refractivity contribution in [3.8, 4) is 0 Å². The maximum atomic E-state index is 12.5. The normalized spacial score (nSPS) is 37.2. The van der Waals surface area contributed by atoms with Crippen molar-refractivity contribution < 1.29 is 34.1 Å². The molecule has 4 aliphatic heterocycles. The molecule has 0 saturated carbocycles. The molecule has 7 atom stereocenters. The summed E-state index contributed by atoms with van der Waals surface area (Å²) in [6, 6.07) is -1.76. The molecule has 0 aliphatic carbocycles. The topological polar surface area (TPSA) is 157 Å². The van der Waals surface area contributed by atoms with Crippen LogP contribution in [0.2, 0.25) is 0 Å². The molecular formula is C17H22N4O7S. The first-order chi connectivity index (χ1) is 13.7. The Morgan fingerprint density at radius 2 is 2.07 bits per heavy atom. The minimum absolute atomic E-state index is 0.00560. The van der Waals surface area contributed by atoms with E-state index in [2.05, 4.69) is 16.0 Å². The highest BCUT2D eigenvalue weighted by Crippen LogP contribution is 2.52. The van der Waals surface area contributed by atoms with Crippen LogP contribution in [0.5, 0.6) is 0 Å². The van der Waals surface area contributed by atoms with Crippen molar-refractivity contribution >= 4 is 35.8 Å². The van der Waals surface area contributed by atoms with Gasteiger partial charge >= 0.3 is 12.2 Å². The van der Waals surface area contributed by atoms with Gasteiger partial charge in [0.25, 0.3) is 5.91 Å². The predicted octanol–water partition coefficient (Wildman–Crippen LogP) is -0.621. The van der Waals surface area contributed by atoms with E-state index in [0.29, 0.717) is 17.9 Å². The minimum Gasteiger partial charge on any atom is -0.449 e. The van der Waals surface area contributed by atoms with Gasteiger partial charge in [-0.1, -0.05) is 6.92 Å². The van der Waals surface area contributed by atoms with Crippen LogP contribution in [0.1, 0.15) is 20.3 Å². The lowest BCUT2D eigenvalue weighted by Gasteiger charge is -2.45. The maximum Gasteiger partial charge on any atom is 0.512 e. The molecule has 158 valence electrons. The first kappa shape index (κ1) is 20.0. The summed E-state index contributed by atoms with van der Waals surface area (Å²) in [7, 11) is 0. The third kappa shape index (κ3) is 3.24. The van der Waals surface area contributed by atoms with E-state index in [1.807, 2.05) is 6.92 Å². The Kier molecular flexibility index (Phi) is 4.95. The van der Waals surface area contributed by atoms with Crippen molar-refractivity contribution in [2.45, 2.75) is 49.7 Å². The van der Waals surface area contributed by atoms with Crippen LogP contribution in [0, 0.1) is 11.8 Å². The molecule has 4 aliphatic rings. The molecule has 0 aromatic carbocycles. The van der Waals surface area contributed by atoms with E-state index in [-0.39, 0.29) is 40.9 Å². The Morgan fingerprint density at radius 1 is 1.34 bits per heavy atom. The molecule has 0 bridgehead atoms. The molecule has 11 nitrogen and oxygen atoms in total. The monoisotopic (exact) mass is 426 g/mol. The molecule has 1 unspecified atom stereocenters. The molecule has 4 rings (SSSR count). The van der Waals surface area contributed by atoms with Crippen LogP contribution in [-0.4, -0.2) is 75.1 Å². The SMILES string of the molecule is C[C@@H](O)[C@H]1C(=O)N2C(OC(=O)O)=C(S[C@@H]3CN[C@H](C4NC(=O)NC4=O)C3)[C@H](C)[C@H]12. The Bertz CT molecular complexity index is 816. The van der Waals surface area contributed by atoms with E-state index in [0.717, 1.165) is 0 Å². The van der Waals surface area contributed by atoms with Gasteiger partial charge in [-0.15, -0.1) is 11.8 Å². The van der Waals surface area contributed by atoms with Crippen LogP contribution in [-0.2, 0) is 14.3 Å². The van der Waals surface area contributed by atoms with Crippen molar-refractivity contribution in [2.24, 2.45) is 11.8 Å². The van der Waals surface area contributed by atoms with Gasteiger partial charge in [0, 0.05) is 23.8 Å². The quantitative estimate of drug-likeness (QED) is 0.219. The predicted molar refractivity (Wildman–Crippen MR) is 99.4 cm³/mol. The maximum absolute atomic E-state index is 12.5. The number of hydrogen-bond acceptors (Lipinski definition) is 8. The molecule has 4 heterocycles. The number of urea groups is 1. The summed E-state index contributed by atoms with van der Waals surface area (Å²) in [5.74, 6) is -1.51. The highest BCUT2D eigenvalue weighted by molar-refractivity contribution is 8.03. The molecule has 0 aromatic rings. The zero-order valence-corrected chi connectivity index (χ0v) is 16.6. The standard InChI is InChI=1S/C17H22N4O7S/c1-5-11-9(6(2)22)14(24)21(11)15(28-17(26)27)12(5)29-7-3-8(18-4-7)10-13(23)20-16(25)19-10/h5-11,18,22H,3-4H2,1-2H3,(H,26,27)(H2,19,20,23,25)/t5-,6-,7+,8+,9-,10?,11-/m1/s1. The van der Waals surface area contributed by atoms with Gasteiger partial charge in [-0.05, 0) is 13.3 Å². The van der Waals surface area contributed by atoms with Gasteiger partial charge in [0.05, 0.1) is 23.0 Å². The smallest absolute Gasteiger partial charge is 0.449 e. The fourth-order valence-electron chi connectivity index (χ4n) is 4.57. The summed E-state index contributed by atoms with van der Waals surface area (Å²) in [6.45, 7) is 3.97. The highest BCUT2D eigenvalue weighted by Gasteiger charge is 2.60. The highest BCUT2D eigenvalue weighted by atomic mass is 32.2. The van der Waals surface area contributed by atoms with Gasteiger partial charge in [0.15, 0.2) is 0 Å². The average Bonchev–Trinajstić information content (AvgIpc) is 3.25. The third-order valence-corrected chi connectivity index (χ3v) is 7.37. The first-order valence-electron chi connectivity index (χ1n) is 9.36. The summed E-state index contributed by atoms with van der Waals surface area (Å²) < 4.78 is 4.95. The molecule has 0 radical (unpaired) electrons. The Balaban J connectivity index is 1.50. The van der Waals surface area contributed by atoms with E-state index >= 15 is 0 Å². The lowest BCUT2D eigenvalue weighted by atomic mass is 9.79. The van der Waals surface area contributed by atoms with E-state index < -0.39 is 30.3 Å². The van der Waals surface area contributed by atoms with Crippen molar-refractivity contribution in [3.05, 3.63) is 10.8 Å². The number of nitrogens with one attached hydrogen (secondary N) is 3. The van der Waals surface area contributed by atoms with Gasteiger partial charge in [-0.3, -0.25) is 19.8 Å². The van der Waals surface area contributed by atoms with E-state index in [4.69, 9.17) is 9.84 Å². The number of fused-ring (bicyclic) bond motifs is 1. The summed E-state index contributed by atoms with van der Waals surface area (Å²) >= 11 is 1.41. The molecule has 0 aromatic heterocycles. The number of carbonyl (C=O) groups excluding carboxylic acids is 3. The second-order valence-corrected chi connectivity index (χ2v) is 9.06. The number of carboxylic acid groups (broad SMARTS) is 1. The Morgan fingerprint density at radius 3 is 2.66 bits per heavy atom. The molecule has 5 N–H and O–H groups in total. The molecule has 0 spiro atoms. The molecule has 12 heteroatoms. The van der Waals surface area contributed by atoms with E-state index in [1.165, 1.54) is 16.7 Å². The molecule has 29 heavy (non-hydrogen) atoms. The fraction of sp³-hybridized carbons (Fsp3) is 0.647. The van der Waals surface area contributed by atoms with Gasteiger partial charge in [0.1, 0.15) is 6.04 Å². The number of carbonyl (C=O) groups is 4. The van der Waals surface area contributed by atoms with Crippen molar-refractivity contribution in [3.63, 3.8) is 0 Å². The van der Waals surface area contributed by atoms with Crippen LogP contribution in [0.3, 0.4) is 0 Å². The van der Waals surface area contributed by atoms with E-state index in [1.54, 1.807) is 6.92 Å². The van der Waals surface area contributed by atoms with Gasteiger partial charge in [-0.2, -0.15) is 0 Å². The van der Waals surface area contributed by atoms with Crippen molar-refractivity contribution in [1.82, 2.24) is 20.9 Å². The Labute approximate surface area is 170 Å². The fourth-order valence-corrected chi connectivity index (χ4v) is 6.01. The third-order valence-electron chi connectivity index (χ3n) is 5.87. The number of aliphatic hydroxyl groups is 1. The van der Waals surface area contributed by atoms with Gasteiger partial charge < -0.3 is 25.6 Å². The van der Waals surface area contributed by atoms with Crippen LogP contribution >= 0.6 is 11.8 Å². The number of thioether (sulfide) groups is 1. The van der Waals surface area contributed by atoms with Gasteiger partial charge in [-0.25, -0.2) is 9.59 Å². The van der Waals surface area contributed by atoms with E-state index in [9.17, 15) is 24.3 Å². The molecule has 3 saturated heterocycles. The summed E-state index contributed by atoms with van der Waals surface area (Å²) in [5, 5.41) is 27.1. The van der Waals surface area contributed by atoms with Crippen molar-refractivity contribution in [1.29, 1.82) is 0 Å². The number of aliphatic hydroxyl groups excluding tert-OH is 1.